The van der Waals surface area contributed by atoms with Gasteiger partial charge in [-0.1, -0.05) is 18.1 Å². The third kappa shape index (κ3) is 4.29. The molecule has 2 aromatic heterocycles. The Morgan fingerprint density at radius 2 is 2.06 bits per heavy atom. The molecule has 0 spiro atoms. The Bertz CT molecular complexity index is 1330. The number of ether oxygens (including phenoxy) is 1. The molecule has 4 aromatic rings. The van der Waals surface area contributed by atoms with Crippen LogP contribution in [0.25, 0.3) is 21.8 Å². The third-order valence-corrected chi connectivity index (χ3v) is 4.87. The van der Waals surface area contributed by atoms with Gasteiger partial charge in [-0.2, -0.15) is 0 Å². The summed E-state index contributed by atoms with van der Waals surface area (Å²) in [6, 6.07) is 12.3. The summed E-state index contributed by atoms with van der Waals surface area (Å²) in [6.45, 7) is 0.624. The number of carboxylic acids is 1. The quantitative estimate of drug-likeness (QED) is 0.267. The first kappa shape index (κ1) is 20.3. The number of nitrogens with one attached hydrogen (secondary N) is 1. The van der Waals surface area contributed by atoms with Gasteiger partial charge in [-0.15, -0.1) is 6.42 Å². The predicted octanol–water partition coefficient (Wildman–Crippen LogP) is 4.18. The lowest BCUT2D eigenvalue weighted by molar-refractivity contribution is 0.0697. The summed E-state index contributed by atoms with van der Waals surface area (Å²) in [4.78, 5) is 25.4. The molecular formula is C24H20N4O3. The number of aromatic nitrogens is 3. The number of methoxy groups -OCH3 is 1. The lowest BCUT2D eigenvalue weighted by Crippen LogP contribution is -2.03. The Morgan fingerprint density at radius 1 is 1.19 bits per heavy atom. The van der Waals surface area contributed by atoms with Gasteiger partial charge >= 0.3 is 5.97 Å². The van der Waals surface area contributed by atoms with Gasteiger partial charge in [-0.25, -0.2) is 19.7 Å². The highest BCUT2D eigenvalue weighted by molar-refractivity contribution is 6.09. The van der Waals surface area contributed by atoms with Crippen LogP contribution in [0.15, 0.2) is 48.7 Å². The van der Waals surface area contributed by atoms with Crippen LogP contribution in [0.4, 0.5) is 11.5 Å². The van der Waals surface area contributed by atoms with E-state index in [0.29, 0.717) is 35.7 Å². The van der Waals surface area contributed by atoms with Crippen molar-refractivity contribution in [1.29, 1.82) is 0 Å². The summed E-state index contributed by atoms with van der Waals surface area (Å²) >= 11 is 0. The van der Waals surface area contributed by atoms with Crippen molar-refractivity contribution < 1.29 is 14.6 Å². The SMILES string of the molecule is C#Cc1cccc(Nc2nc3cc(C(=O)O)ccc3c3cnc(CCCOC)nc23)c1. The van der Waals surface area contributed by atoms with Gasteiger partial charge in [0.25, 0.3) is 0 Å². The normalized spacial score (nSPS) is 10.8. The van der Waals surface area contributed by atoms with E-state index < -0.39 is 5.97 Å². The second-order valence-electron chi connectivity index (χ2n) is 6.99. The average Bonchev–Trinajstić information content (AvgIpc) is 2.79. The van der Waals surface area contributed by atoms with Gasteiger partial charge in [0.05, 0.1) is 11.1 Å². The highest BCUT2D eigenvalue weighted by Gasteiger charge is 2.14. The number of aromatic carboxylic acids is 1. The molecule has 154 valence electrons. The molecule has 0 unspecified atom stereocenters. The van der Waals surface area contributed by atoms with Crippen LogP contribution in [0.1, 0.15) is 28.2 Å². The molecule has 2 heterocycles. The molecule has 0 aliphatic carbocycles. The molecule has 0 saturated carbocycles. The van der Waals surface area contributed by atoms with Gasteiger partial charge in [-0.3, -0.25) is 0 Å². The van der Waals surface area contributed by atoms with E-state index in [-0.39, 0.29) is 5.56 Å². The number of pyridine rings is 1. The van der Waals surface area contributed by atoms with E-state index in [0.717, 1.165) is 28.4 Å². The van der Waals surface area contributed by atoms with Gasteiger partial charge in [0.1, 0.15) is 11.3 Å². The van der Waals surface area contributed by atoms with E-state index >= 15 is 0 Å². The Hall–Kier alpha value is -4.02. The smallest absolute Gasteiger partial charge is 0.335 e. The van der Waals surface area contributed by atoms with Gasteiger partial charge < -0.3 is 15.2 Å². The third-order valence-electron chi connectivity index (χ3n) is 4.87. The van der Waals surface area contributed by atoms with Crippen LogP contribution in [0, 0.1) is 12.3 Å². The van der Waals surface area contributed by atoms with Crippen molar-refractivity contribution in [2.24, 2.45) is 0 Å². The zero-order valence-electron chi connectivity index (χ0n) is 16.9. The maximum atomic E-state index is 11.4. The molecular weight excluding hydrogens is 392 g/mol. The summed E-state index contributed by atoms with van der Waals surface area (Å²) in [5, 5.41) is 14.2. The fourth-order valence-corrected chi connectivity index (χ4v) is 3.36. The highest BCUT2D eigenvalue weighted by atomic mass is 16.5. The first-order valence-electron chi connectivity index (χ1n) is 9.74. The number of rotatable bonds is 7. The number of anilines is 2. The van der Waals surface area contributed by atoms with Crippen molar-refractivity contribution in [3.63, 3.8) is 0 Å². The number of carbonyl (C=O) groups is 1. The van der Waals surface area contributed by atoms with Crippen molar-refractivity contribution >= 4 is 39.3 Å². The minimum atomic E-state index is -1.01. The van der Waals surface area contributed by atoms with Crippen LogP contribution in [-0.4, -0.2) is 39.7 Å². The number of benzene rings is 2. The van der Waals surface area contributed by atoms with E-state index in [1.807, 2.05) is 24.3 Å². The number of nitrogens with zero attached hydrogens (tertiary/aromatic N) is 3. The van der Waals surface area contributed by atoms with Crippen LogP contribution < -0.4 is 5.32 Å². The number of fused-ring (bicyclic) bond motifs is 3. The molecule has 0 atom stereocenters. The molecule has 31 heavy (non-hydrogen) atoms. The monoisotopic (exact) mass is 412 g/mol. The van der Waals surface area contributed by atoms with E-state index in [2.05, 4.69) is 16.2 Å². The minimum absolute atomic E-state index is 0.164. The number of hydrogen-bond acceptors (Lipinski definition) is 6. The summed E-state index contributed by atoms with van der Waals surface area (Å²) < 4.78 is 5.12. The van der Waals surface area contributed by atoms with Crippen LogP contribution in [0.2, 0.25) is 0 Å². The van der Waals surface area contributed by atoms with Gasteiger partial charge in [0.2, 0.25) is 0 Å². The molecule has 7 nitrogen and oxygen atoms in total. The summed E-state index contributed by atoms with van der Waals surface area (Å²) in [6.07, 6.45) is 8.76. The molecule has 0 radical (unpaired) electrons. The number of carboxylic acid groups (broad SMARTS) is 1. The molecule has 0 amide bonds. The first-order valence-corrected chi connectivity index (χ1v) is 9.74. The summed E-state index contributed by atoms with van der Waals surface area (Å²) in [5.41, 5.74) is 2.86. The molecule has 2 N–H and O–H groups in total. The number of hydrogen-bond donors (Lipinski definition) is 2. The van der Waals surface area contributed by atoms with Gasteiger partial charge in [0.15, 0.2) is 5.82 Å². The zero-order chi connectivity index (χ0) is 21.8. The van der Waals surface area contributed by atoms with Crippen molar-refractivity contribution in [2.75, 3.05) is 19.0 Å². The molecule has 2 aromatic carbocycles. The Labute approximate surface area is 179 Å². The Kier molecular flexibility index (Phi) is 5.74. The fourth-order valence-electron chi connectivity index (χ4n) is 3.36. The number of aryl methyl sites for hydroxylation is 1. The maximum absolute atomic E-state index is 11.4. The Morgan fingerprint density at radius 3 is 2.84 bits per heavy atom. The van der Waals surface area contributed by atoms with Crippen LogP contribution in [0.3, 0.4) is 0 Å². The zero-order valence-corrected chi connectivity index (χ0v) is 16.9. The molecule has 0 aliphatic heterocycles. The van der Waals surface area contributed by atoms with Gasteiger partial charge in [0, 0.05) is 48.4 Å². The van der Waals surface area contributed by atoms with E-state index in [9.17, 15) is 9.90 Å². The molecule has 7 heteroatoms. The largest absolute Gasteiger partial charge is 0.478 e. The fraction of sp³-hybridized carbons (Fsp3) is 0.167. The molecule has 0 fully saturated rings. The van der Waals surface area contributed by atoms with Gasteiger partial charge in [-0.05, 0) is 36.8 Å². The first-order chi connectivity index (χ1) is 15.1. The molecule has 4 rings (SSSR count). The number of terminal acetylenes is 1. The topological polar surface area (TPSA) is 97.2 Å². The molecule has 0 aliphatic rings. The standard InChI is InChI=1S/C24H20N4O3/c1-3-15-6-4-7-17(12-15)26-23-22-19(14-25-21(28-22)8-5-11-31-2)18-10-9-16(24(29)30)13-20(18)27-23/h1,4,6-7,9-10,12-14H,5,8,11H2,2H3,(H,26,27)(H,29,30). The minimum Gasteiger partial charge on any atom is -0.478 e. The second-order valence-corrected chi connectivity index (χ2v) is 6.99. The molecule has 0 bridgehead atoms. The van der Waals surface area contributed by atoms with Crippen LogP contribution >= 0.6 is 0 Å². The van der Waals surface area contributed by atoms with E-state index in [1.165, 1.54) is 0 Å². The molecule has 0 saturated heterocycles. The van der Waals surface area contributed by atoms with Crippen molar-refractivity contribution in [3.8, 4) is 12.3 Å². The van der Waals surface area contributed by atoms with E-state index in [1.54, 1.807) is 31.5 Å². The highest BCUT2D eigenvalue weighted by Crippen LogP contribution is 2.30. The van der Waals surface area contributed by atoms with E-state index in [4.69, 9.17) is 21.1 Å². The van der Waals surface area contributed by atoms with Crippen molar-refractivity contribution in [2.45, 2.75) is 12.8 Å². The van der Waals surface area contributed by atoms with Crippen molar-refractivity contribution in [1.82, 2.24) is 15.0 Å². The summed E-state index contributed by atoms with van der Waals surface area (Å²) in [7, 11) is 1.66. The van der Waals surface area contributed by atoms with Crippen LogP contribution in [-0.2, 0) is 11.2 Å². The predicted molar refractivity (Wildman–Crippen MR) is 120 cm³/mol. The van der Waals surface area contributed by atoms with Crippen LogP contribution in [0.5, 0.6) is 0 Å². The average molecular weight is 412 g/mol. The lowest BCUT2D eigenvalue weighted by atomic mass is 10.1. The van der Waals surface area contributed by atoms with Crippen molar-refractivity contribution in [3.05, 3.63) is 65.6 Å². The maximum Gasteiger partial charge on any atom is 0.335 e. The summed E-state index contributed by atoms with van der Waals surface area (Å²) in [5.74, 6) is 2.80. The second kappa shape index (κ2) is 8.78. The lowest BCUT2D eigenvalue weighted by Gasteiger charge is -2.12. The Balaban J connectivity index is 1.88.